The molecule has 162 valence electrons. The van der Waals surface area contributed by atoms with Crippen molar-refractivity contribution < 1.29 is 19.2 Å². The molecule has 5 atom stereocenters. The summed E-state index contributed by atoms with van der Waals surface area (Å²) in [6.45, 7) is 12.8. The van der Waals surface area contributed by atoms with E-state index in [9.17, 15) is 19.2 Å². The third-order valence-corrected chi connectivity index (χ3v) is 7.57. The van der Waals surface area contributed by atoms with Crippen LogP contribution in [0.2, 0.25) is 0 Å². The van der Waals surface area contributed by atoms with E-state index < -0.39 is 23.8 Å². The fourth-order valence-electron chi connectivity index (χ4n) is 4.78. The number of primary amides is 1. The standard InChI is InChI=1S/C22H35N3O4/c1-11(21(2,3)4)20(29)25-10-13-15(22(13,5)6)16(25)19(28)24-14(9-12-7-8-12)17(26)18(23)27/h11-16H,7-10H2,1-6H3,(H2,23,27)(H,24,28). The summed E-state index contributed by atoms with van der Waals surface area (Å²) >= 11 is 0. The van der Waals surface area contributed by atoms with Gasteiger partial charge in [-0.2, -0.15) is 0 Å². The fraction of sp³-hybridized carbons (Fsp3) is 0.818. The van der Waals surface area contributed by atoms with Crippen LogP contribution in [-0.4, -0.2) is 47.0 Å². The van der Waals surface area contributed by atoms with Crippen LogP contribution in [0.25, 0.3) is 0 Å². The molecule has 0 radical (unpaired) electrons. The van der Waals surface area contributed by atoms with Crippen molar-refractivity contribution in [3.63, 3.8) is 0 Å². The third kappa shape index (κ3) is 4.05. The Morgan fingerprint density at radius 3 is 2.24 bits per heavy atom. The highest BCUT2D eigenvalue weighted by Gasteiger charge is 2.69. The van der Waals surface area contributed by atoms with Crippen LogP contribution in [0.1, 0.15) is 60.8 Å². The largest absolute Gasteiger partial charge is 0.363 e. The van der Waals surface area contributed by atoms with E-state index in [4.69, 9.17) is 5.73 Å². The highest BCUT2D eigenvalue weighted by molar-refractivity contribution is 6.37. The maximum atomic E-state index is 13.3. The van der Waals surface area contributed by atoms with E-state index in [0.717, 1.165) is 12.8 Å². The molecule has 0 aromatic carbocycles. The molecule has 3 fully saturated rings. The molecule has 3 N–H and O–H groups in total. The van der Waals surface area contributed by atoms with Gasteiger partial charge in [0, 0.05) is 12.5 Å². The minimum atomic E-state index is -1.03. The summed E-state index contributed by atoms with van der Waals surface area (Å²) in [4.78, 5) is 51.9. The van der Waals surface area contributed by atoms with E-state index in [0.29, 0.717) is 18.9 Å². The number of hydrogen-bond acceptors (Lipinski definition) is 4. The lowest BCUT2D eigenvalue weighted by atomic mass is 9.81. The summed E-state index contributed by atoms with van der Waals surface area (Å²) in [5, 5.41) is 2.79. The number of Topliss-reactive ketones (excluding diaryl/α,β-unsaturated/α-hetero) is 1. The van der Waals surface area contributed by atoms with Gasteiger partial charge in [0.1, 0.15) is 6.04 Å². The first-order chi connectivity index (χ1) is 13.3. The Morgan fingerprint density at radius 2 is 1.76 bits per heavy atom. The van der Waals surface area contributed by atoms with Gasteiger partial charge in [0.15, 0.2) is 0 Å². The van der Waals surface area contributed by atoms with Crippen LogP contribution in [0.4, 0.5) is 0 Å². The fourth-order valence-corrected chi connectivity index (χ4v) is 4.78. The number of nitrogens with zero attached hydrogens (tertiary/aromatic N) is 1. The first-order valence-corrected chi connectivity index (χ1v) is 10.7. The Balaban J connectivity index is 1.79. The van der Waals surface area contributed by atoms with Crippen LogP contribution >= 0.6 is 0 Å². The number of amides is 3. The van der Waals surface area contributed by atoms with Gasteiger partial charge in [-0.25, -0.2) is 0 Å². The maximum Gasteiger partial charge on any atom is 0.287 e. The van der Waals surface area contributed by atoms with Crippen molar-refractivity contribution in [2.45, 2.75) is 72.9 Å². The number of piperidine rings is 1. The van der Waals surface area contributed by atoms with Crippen LogP contribution in [-0.2, 0) is 19.2 Å². The summed E-state index contributed by atoms with van der Waals surface area (Å²) in [5.74, 6) is -1.67. The molecule has 3 aliphatic rings. The Bertz CT molecular complexity index is 735. The molecule has 3 amide bonds. The van der Waals surface area contributed by atoms with E-state index in [-0.39, 0.29) is 40.4 Å². The Morgan fingerprint density at radius 1 is 1.17 bits per heavy atom. The molecule has 7 heteroatoms. The van der Waals surface area contributed by atoms with Crippen LogP contribution in [0.15, 0.2) is 0 Å². The second-order valence-electron chi connectivity index (χ2n) is 10.9. The van der Waals surface area contributed by atoms with Crippen molar-refractivity contribution in [3.05, 3.63) is 0 Å². The molecule has 2 aliphatic carbocycles. The number of likely N-dealkylation sites (tertiary alicyclic amines) is 1. The molecule has 0 aromatic rings. The molecule has 0 spiro atoms. The topological polar surface area (TPSA) is 110 Å². The number of carbonyl (C=O) groups excluding carboxylic acids is 4. The highest BCUT2D eigenvalue weighted by atomic mass is 16.2. The van der Waals surface area contributed by atoms with Gasteiger partial charge in [-0.15, -0.1) is 0 Å². The first kappa shape index (κ1) is 21.8. The quantitative estimate of drug-likeness (QED) is 0.625. The molecule has 0 bridgehead atoms. The number of fused-ring (bicyclic) bond motifs is 1. The van der Waals surface area contributed by atoms with Crippen LogP contribution in [0, 0.1) is 34.5 Å². The van der Waals surface area contributed by atoms with Crippen LogP contribution < -0.4 is 11.1 Å². The predicted octanol–water partition coefficient (Wildman–Crippen LogP) is 1.49. The zero-order valence-corrected chi connectivity index (χ0v) is 18.5. The van der Waals surface area contributed by atoms with Gasteiger partial charge in [0.25, 0.3) is 5.91 Å². The van der Waals surface area contributed by atoms with Gasteiger partial charge in [-0.05, 0) is 35.0 Å². The molecule has 5 unspecified atom stereocenters. The second kappa shape index (κ2) is 7.10. The summed E-state index contributed by atoms with van der Waals surface area (Å²) in [6, 6.07) is -1.50. The van der Waals surface area contributed by atoms with Crippen molar-refractivity contribution in [2.75, 3.05) is 6.54 Å². The van der Waals surface area contributed by atoms with Crippen molar-refractivity contribution in [3.8, 4) is 0 Å². The van der Waals surface area contributed by atoms with Gasteiger partial charge < -0.3 is 16.0 Å². The molecular weight excluding hydrogens is 370 g/mol. The smallest absolute Gasteiger partial charge is 0.287 e. The lowest BCUT2D eigenvalue weighted by Crippen LogP contribution is -2.56. The van der Waals surface area contributed by atoms with Crippen LogP contribution in [0.5, 0.6) is 0 Å². The average molecular weight is 406 g/mol. The number of nitrogens with one attached hydrogen (secondary N) is 1. The van der Waals surface area contributed by atoms with Crippen molar-refractivity contribution in [2.24, 2.45) is 40.2 Å². The normalized spacial score (nSPS) is 29.6. The molecule has 7 nitrogen and oxygen atoms in total. The second-order valence-corrected chi connectivity index (χ2v) is 10.9. The van der Waals surface area contributed by atoms with Gasteiger partial charge >= 0.3 is 0 Å². The van der Waals surface area contributed by atoms with Gasteiger partial charge in [-0.1, -0.05) is 54.4 Å². The number of hydrogen-bond donors (Lipinski definition) is 2. The van der Waals surface area contributed by atoms with Crippen molar-refractivity contribution in [1.82, 2.24) is 10.2 Å². The lowest BCUT2D eigenvalue weighted by Gasteiger charge is -2.36. The summed E-state index contributed by atoms with van der Waals surface area (Å²) in [6.07, 6.45) is 2.42. The number of nitrogens with two attached hydrogens (primary N) is 1. The summed E-state index contributed by atoms with van der Waals surface area (Å²) in [7, 11) is 0. The molecule has 1 saturated heterocycles. The van der Waals surface area contributed by atoms with Crippen molar-refractivity contribution >= 4 is 23.5 Å². The van der Waals surface area contributed by atoms with E-state index in [1.807, 2.05) is 27.7 Å². The maximum absolute atomic E-state index is 13.3. The molecule has 2 saturated carbocycles. The SMILES string of the molecule is CC(C(=O)N1CC2C(C1C(=O)NC(CC1CC1)C(=O)C(N)=O)C2(C)C)C(C)(C)C. The van der Waals surface area contributed by atoms with E-state index in [1.54, 1.807) is 4.90 Å². The predicted molar refractivity (Wildman–Crippen MR) is 108 cm³/mol. The average Bonchev–Trinajstić information content (AvgIpc) is 3.45. The molecule has 0 aromatic heterocycles. The van der Waals surface area contributed by atoms with Crippen molar-refractivity contribution in [1.29, 1.82) is 0 Å². The molecule has 3 rings (SSSR count). The monoisotopic (exact) mass is 405 g/mol. The minimum Gasteiger partial charge on any atom is -0.363 e. The molecular formula is C22H35N3O4. The molecule has 1 aliphatic heterocycles. The summed E-state index contributed by atoms with van der Waals surface area (Å²) < 4.78 is 0. The molecule has 29 heavy (non-hydrogen) atoms. The van der Waals surface area contributed by atoms with E-state index in [1.165, 1.54) is 0 Å². The number of rotatable bonds is 7. The number of ketones is 1. The van der Waals surface area contributed by atoms with Crippen LogP contribution in [0.3, 0.4) is 0 Å². The van der Waals surface area contributed by atoms with E-state index in [2.05, 4.69) is 19.2 Å². The Labute approximate surface area is 173 Å². The van der Waals surface area contributed by atoms with Gasteiger partial charge in [-0.3, -0.25) is 19.2 Å². The van der Waals surface area contributed by atoms with Gasteiger partial charge in [0.2, 0.25) is 17.6 Å². The Kier molecular flexibility index (Phi) is 5.33. The lowest BCUT2D eigenvalue weighted by molar-refractivity contribution is -0.146. The number of carbonyl (C=O) groups is 4. The molecule has 1 heterocycles. The highest BCUT2D eigenvalue weighted by Crippen LogP contribution is 2.65. The zero-order valence-electron chi connectivity index (χ0n) is 18.5. The first-order valence-electron chi connectivity index (χ1n) is 10.7. The third-order valence-electron chi connectivity index (χ3n) is 7.57. The van der Waals surface area contributed by atoms with E-state index >= 15 is 0 Å². The minimum absolute atomic E-state index is 0.0105. The Hall–Kier alpha value is -1.92. The summed E-state index contributed by atoms with van der Waals surface area (Å²) in [5.41, 5.74) is 4.98. The zero-order chi connectivity index (χ0) is 21.9. The van der Waals surface area contributed by atoms with Gasteiger partial charge in [0.05, 0.1) is 6.04 Å².